The lowest BCUT2D eigenvalue weighted by Crippen LogP contribution is -2.27. The van der Waals surface area contributed by atoms with Gasteiger partial charge in [-0.3, -0.25) is 0 Å². The van der Waals surface area contributed by atoms with Gasteiger partial charge in [-0.2, -0.15) is 0 Å². The maximum Gasteiger partial charge on any atom is 0.0302 e. The Hall–Kier alpha value is -0.340. The molecule has 1 aromatic heterocycles. The molecule has 0 amide bonds. The Morgan fingerprint density at radius 2 is 2.00 bits per heavy atom. The summed E-state index contributed by atoms with van der Waals surface area (Å²) in [6.07, 6.45) is 8.02. The normalized spacial score (nSPS) is 23.8. The van der Waals surface area contributed by atoms with Crippen LogP contribution in [-0.2, 0) is 13.0 Å². The fraction of sp³-hybridized carbons (Fsp3) is 0.750. The first-order valence-electron chi connectivity index (χ1n) is 7.40. The van der Waals surface area contributed by atoms with Gasteiger partial charge in [0.1, 0.15) is 0 Å². The summed E-state index contributed by atoms with van der Waals surface area (Å²) >= 11 is 1.96. The zero-order valence-corrected chi connectivity index (χ0v) is 12.9. The summed E-state index contributed by atoms with van der Waals surface area (Å²) in [5.41, 5.74) is 0.564. The molecule has 0 aliphatic heterocycles. The van der Waals surface area contributed by atoms with E-state index in [-0.39, 0.29) is 0 Å². The van der Waals surface area contributed by atoms with Crippen LogP contribution in [0.15, 0.2) is 12.1 Å². The Kier molecular flexibility index (Phi) is 4.85. The predicted molar refractivity (Wildman–Crippen MR) is 81.2 cm³/mol. The zero-order chi connectivity index (χ0) is 13.0. The lowest BCUT2D eigenvalue weighted by molar-refractivity contribution is 0.309. The van der Waals surface area contributed by atoms with E-state index in [0.29, 0.717) is 5.41 Å². The van der Waals surface area contributed by atoms with Gasteiger partial charge in [0.05, 0.1) is 0 Å². The van der Waals surface area contributed by atoms with E-state index in [0.717, 1.165) is 12.6 Å². The van der Waals surface area contributed by atoms with E-state index in [1.54, 1.807) is 0 Å². The molecule has 1 atom stereocenters. The molecule has 18 heavy (non-hydrogen) atoms. The Bertz CT molecular complexity index is 367. The van der Waals surface area contributed by atoms with Gasteiger partial charge in [-0.1, -0.05) is 27.2 Å². The van der Waals surface area contributed by atoms with E-state index in [9.17, 15) is 0 Å². The number of aryl methyl sites for hydroxylation is 1. The van der Waals surface area contributed by atoms with Gasteiger partial charge in [-0.05, 0) is 49.7 Å². The van der Waals surface area contributed by atoms with Crippen molar-refractivity contribution in [1.29, 1.82) is 0 Å². The SMILES string of the molecule is CCc1ccc(CNC2CCCC(C)(C)CC2)s1. The Balaban J connectivity index is 1.79. The molecule has 2 heteroatoms. The highest BCUT2D eigenvalue weighted by Gasteiger charge is 2.23. The zero-order valence-electron chi connectivity index (χ0n) is 12.1. The van der Waals surface area contributed by atoms with Gasteiger partial charge >= 0.3 is 0 Å². The van der Waals surface area contributed by atoms with Crippen molar-refractivity contribution in [2.24, 2.45) is 5.41 Å². The standard InChI is InChI=1S/C16H27NS/c1-4-14-7-8-15(18-14)12-17-13-6-5-10-16(2,3)11-9-13/h7-8,13,17H,4-6,9-12H2,1-3H3. The molecule has 1 aromatic rings. The summed E-state index contributed by atoms with van der Waals surface area (Å²) in [5, 5.41) is 3.76. The van der Waals surface area contributed by atoms with E-state index in [1.165, 1.54) is 48.3 Å². The fourth-order valence-electron chi connectivity index (χ4n) is 2.82. The maximum absolute atomic E-state index is 3.76. The van der Waals surface area contributed by atoms with Crippen LogP contribution in [-0.4, -0.2) is 6.04 Å². The van der Waals surface area contributed by atoms with E-state index >= 15 is 0 Å². The second kappa shape index (κ2) is 6.21. The van der Waals surface area contributed by atoms with Crippen LogP contribution in [0.5, 0.6) is 0 Å². The maximum atomic E-state index is 3.76. The molecule has 1 heterocycles. The quantitative estimate of drug-likeness (QED) is 0.774. The van der Waals surface area contributed by atoms with Crippen LogP contribution >= 0.6 is 11.3 Å². The second-order valence-electron chi connectivity index (χ2n) is 6.39. The summed E-state index contributed by atoms with van der Waals surface area (Å²) in [7, 11) is 0. The van der Waals surface area contributed by atoms with Crippen molar-refractivity contribution in [2.45, 2.75) is 71.9 Å². The van der Waals surface area contributed by atoms with Crippen molar-refractivity contribution < 1.29 is 0 Å². The second-order valence-corrected chi connectivity index (χ2v) is 7.65. The Morgan fingerprint density at radius 1 is 1.22 bits per heavy atom. The monoisotopic (exact) mass is 265 g/mol. The number of hydrogen-bond acceptors (Lipinski definition) is 2. The third-order valence-corrected chi connectivity index (χ3v) is 5.44. The number of thiophene rings is 1. The minimum absolute atomic E-state index is 0.564. The van der Waals surface area contributed by atoms with Gasteiger partial charge < -0.3 is 5.32 Å². The molecule has 102 valence electrons. The largest absolute Gasteiger partial charge is 0.309 e. The molecule has 1 aliphatic carbocycles. The van der Waals surface area contributed by atoms with Crippen LogP contribution in [0.2, 0.25) is 0 Å². The molecule has 0 spiro atoms. The molecule has 1 unspecified atom stereocenters. The predicted octanol–water partition coefficient (Wildman–Crippen LogP) is 4.76. The van der Waals surface area contributed by atoms with Crippen LogP contribution in [0.1, 0.15) is 62.6 Å². The van der Waals surface area contributed by atoms with Crippen molar-refractivity contribution in [2.75, 3.05) is 0 Å². The molecule has 1 saturated carbocycles. The summed E-state index contributed by atoms with van der Waals surface area (Å²) < 4.78 is 0. The van der Waals surface area contributed by atoms with Gasteiger partial charge in [0, 0.05) is 22.3 Å². The van der Waals surface area contributed by atoms with Crippen LogP contribution in [0.4, 0.5) is 0 Å². The fourth-order valence-corrected chi connectivity index (χ4v) is 3.73. The van der Waals surface area contributed by atoms with Crippen molar-refractivity contribution in [3.63, 3.8) is 0 Å². The molecule has 0 bridgehead atoms. The first-order valence-corrected chi connectivity index (χ1v) is 8.22. The summed E-state index contributed by atoms with van der Waals surface area (Å²) in [6.45, 7) is 8.14. The highest BCUT2D eigenvalue weighted by atomic mass is 32.1. The molecule has 0 saturated heterocycles. The van der Waals surface area contributed by atoms with E-state index < -0.39 is 0 Å². The Morgan fingerprint density at radius 3 is 2.72 bits per heavy atom. The number of rotatable bonds is 4. The van der Waals surface area contributed by atoms with Crippen LogP contribution in [0.25, 0.3) is 0 Å². The van der Waals surface area contributed by atoms with Crippen LogP contribution < -0.4 is 5.32 Å². The minimum atomic E-state index is 0.564. The van der Waals surface area contributed by atoms with Crippen LogP contribution in [0, 0.1) is 5.41 Å². The lowest BCUT2D eigenvalue weighted by atomic mass is 9.85. The molecular weight excluding hydrogens is 238 g/mol. The minimum Gasteiger partial charge on any atom is -0.309 e. The van der Waals surface area contributed by atoms with Gasteiger partial charge in [0.25, 0.3) is 0 Å². The molecular formula is C16H27NS. The number of nitrogens with one attached hydrogen (secondary N) is 1. The van der Waals surface area contributed by atoms with Crippen molar-refractivity contribution in [1.82, 2.24) is 5.32 Å². The molecule has 0 radical (unpaired) electrons. The highest BCUT2D eigenvalue weighted by Crippen LogP contribution is 2.33. The third kappa shape index (κ3) is 4.10. The first-order chi connectivity index (χ1) is 8.59. The van der Waals surface area contributed by atoms with Gasteiger partial charge in [0.15, 0.2) is 0 Å². The van der Waals surface area contributed by atoms with Crippen LogP contribution in [0.3, 0.4) is 0 Å². The lowest BCUT2D eigenvalue weighted by Gasteiger charge is -2.22. The van der Waals surface area contributed by atoms with E-state index in [4.69, 9.17) is 0 Å². The van der Waals surface area contributed by atoms with Crippen molar-refractivity contribution in [3.05, 3.63) is 21.9 Å². The van der Waals surface area contributed by atoms with E-state index in [2.05, 4.69) is 38.2 Å². The molecule has 1 nitrogen and oxygen atoms in total. The average molecular weight is 265 g/mol. The summed E-state index contributed by atoms with van der Waals surface area (Å²) in [6, 6.07) is 5.30. The summed E-state index contributed by atoms with van der Waals surface area (Å²) in [5.74, 6) is 0. The van der Waals surface area contributed by atoms with E-state index in [1.807, 2.05) is 11.3 Å². The van der Waals surface area contributed by atoms with Gasteiger partial charge in [0.2, 0.25) is 0 Å². The summed E-state index contributed by atoms with van der Waals surface area (Å²) in [4.78, 5) is 3.00. The topological polar surface area (TPSA) is 12.0 Å². The van der Waals surface area contributed by atoms with Crippen molar-refractivity contribution >= 4 is 11.3 Å². The molecule has 1 aliphatic rings. The average Bonchev–Trinajstić information content (AvgIpc) is 2.72. The van der Waals surface area contributed by atoms with Crippen molar-refractivity contribution in [3.8, 4) is 0 Å². The third-order valence-electron chi connectivity index (χ3n) is 4.21. The Labute approximate surface area is 116 Å². The molecule has 2 rings (SSSR count). The highest BCUT2D eigenvalue weighted by molar-refractivity contribution is 7.11. The number of hydrogen-bond donors (Lipinski definition) is 1. The molecule has 0 aromatic carbocycles. The first kappa shape index (κ1) is 14.1. The smallest absolute Gasteiger partial charge is 0.0302 e. The molecule has 1 N–H and O–H groups in total. The van der Waals surface area contributed by atoms with Gasteiger partial charge in [-0.25, -0.2) is 0 Å². The van der Waals surface area contributed by atoms with Gasteiger partial charge in [-0.15, -0.1) is 11.3 Å². The molecule has 1 fully saturated rings.